The molecule has 0 amide bonds. The number of furan rings is 1. The van der Waals surface area contributed by atoms with Crippen LogP contribution in [0.15, 0.2) is 63.2 Å². The Labute approximate surface area is 214 Å². The second-order valence-corrected chi connectivity index (χ2v) is 10.8. The van der Waals surface area contributed by atoms with Gasteiger partial charge in [0.25, 0.3) is 0 Å². The Morgan fingerprint density at radius 2 is 1.81 bits per heavy atom. The van der Waals surface area contributed by atoms with Gasteiger partial charge in [0.1, 0.15) is 11.6 Å². The summed E-state index contributed by atoms with van der Waals surface area (Å²) >= 11 is 1.34. The van der Waals surface area contributed by atoms with Crippen LogP contribution in [0.2, 0.25) is 0 Å². The van der Waals surface area contributed by atoms with Gasteiger partial charge in [-0.25, -0.2) is 17.8 Å². The van der Waals surface area contributed by atoms with Gasteiger partial charge in [-0.15, -0.1) is 0 Å². The number of methoxy groups -OCH3 is 2. The minimum atomic E-state index is -3.64. The molecule has 0 N–H and O–H groups in total. The fraction of sp³-hybridized carbons (Fsp3) is 0.320. The standard InChI is InChI=1S/C25H28FN3O5S2/c1-5-28(6-2)36(30,31)19-9-10-22-21(13-19)27-25(29(22)15-18-8-7-11-34-18)35-16-17-12-23(32-3)24(33-4)14-20(17)26/h7-14H,5-6,15-16H2,1-4H3. The highest BCUT2D eigenvalue weighted by Crippen LogP contribution is 2.34. The lowest BCUT2D eigenvalue weighted by Crippen LogP contribution is -2.30. The number of halogens is 1. The van der Waals surface area contributed by atoms with E-state index < -0.39 is 15.8 Å². The Kier molecular flexibility index (Phi) is 7.91. The molecule has 2 aromatic carbocycles. The van der Waals surface area contributed by atoms with Gasteiger partial charge in [-0.05, 0) is 36.4 Å². The lowest BCUT2D eigenvalue weighted by Gasteiger charge is -2.18. The first kappa shape index (κ1) is 26.1. The number of imidazole rings is 1. The van der Waals surface area contributed by atoms with Gasteiger partial charge in [0, 0.05) is 30.5 Å². The smallest absolute Gasteiger partial charge is 0.243 e. The lowest BCUT2D eigenvalue weighted by molar-refractivity contribution is 0.352. The molecule has 0 aliphatic heterocycles. The third-order valence-electron chi connectivity index (χ3n) is 5.83. The van der Waals surface area contributed by atoms with Crippen LogP contribution < -0.4 is 9.47 Å². The number of hydrogen-bond donors (Lipinski definition) is 0. The molecule has 8 nitrogen and oxygen atoms in total. The van der Waals surface area contributed by atoms with Crippen LogP contribution in [0.1, 0.15) is 25.2 Å². The average molecular weight is 534 g/mol. The molecule has 0 radical (unpaired) electrons. The van der Waals surface area contributed by atoms with Crippen LogP contribution in [-0.2, 0) is 22.3 Å². The Hall–Kier alpha value is -3.02. The number of fused-ring (bicyclic) bond motifs is 1. The number of thioether (sulfide) groups is 1. The average Bonchev–Trinajstić information content (AvgIpc) is 3.51. The topological polar surface area (TPSA) is 86.8 Å². The van der Waals surface area contributed by atoms with E-state index in [-0.39, 0.29) is 10.6 Å². The molecular formula is C25H28FN3O5S2. The molecule has 0 unspecified atom stereocenters. The van der Waals surface area contributed by atoms with Crippen LogP contribution in [0.5, 0.6) is 11.5 Å². The number of ether oxygens (including phenoxy) is 2. The van der Waals surface area contributed by atoms with Crippen molar-refractivity contribution in [3.8, 4) is 11.5 Å². The van der Waals surface area contributed by atoms with Crippen molar-refractivity contribution >= 4 is 32.8 Å². The summed E-state index contributed by atoms with van der Waals surface area (Å²) in [5.74, 6) is 1.33. The number of rotatable bonds is 11. The number of sulfonamides is 1. The zero-order valence-electron chi connectivity index (χ0n) is 20.5. The van der Waals surface area contributed by atoms with E-state index in [1.165, 1.54) is 36.4 Å². The van der Waals surface area contributed by atoms with Crippen molar-refractivity contribution in [2.24, 2.45) is 0 Å². The summed E-state index contributed by atoms with van der Waals surface area (Å²) in [4.78, 5) is 4.91. The van der Waals surface area contributed by atoms with Crippen LogP contribution in [0, 0.1) is 5.82 Å². The molecule has 4 aromatic rings. The summed E-state index contributed by atoms with van der Waals surface area (Å²) in [5, 5.41) is 0.605. The maximum atomic E-state index is 14.7. The van der Waals surface area contributed by atoms with Crippen LogP contribution in [0.4, 0.5) is 4.39 Å². The van der Waals surface area contributed by atoms with Gasteiger partial charge in [0.05, 0.1) is 43.0 Å². The molecule has 0 fully saturated rings. The van der Waals surface area contributed by atoms with E-state index in [9.17, 15) is 12.8 Å². The van der Waals surface area contributed by atoms with Crippen molar-refractivity contribution in [1.82, 2.24) is 13.9 Å². The van der Waals surface area contributed by atoms with E-state index in [0.29, 0.717) is 53.1 Å². The Bertz CT molecular complexity index is 1450. The summed E-state index contributed by atoms with van der Waals surface area (Å²) in [6.07, 6.45) is 1.59. The van der Waals surface area contributed by atoms with E-state index in [1.807, 2.05) is 10.6 Å². The minimum Gasteiger partial charge on any atom is -0.493 e. The molecule has 36 heavy (non-hydrogen) atoms. The SMILES string of the molecule is CCN(CC)S(=O)(=O)c1ccc2c(c1)nc(SCc1cc(OC)c(OC)cc1F)n2Cc1ccco1. The van der Waals surface area contributed by atoms with Gasteiger partial charge < -0.3 is 18.5 Å². The van der Waals surface area contributed by atoms with Gasteiger partial charge >= 0.3 is 0 Å². The molecule has 11 heteroatoms. The second-order valence-electron chi connectivity index (χ2n) is 7.89. The Morgan fingerprint density at radius 3 is 2.44 bits per heavy atom. The Morgan fingerprint density at radius 1 is 1.08 bits per heavy atom. The first-order valence-electron chi connectivity index (χ1n) is 11.4. The molecule has 0 bridgehead atoms. The number of hydrogen-bond acceptors (Lipinski definition) is 7. The van der Waals surface area contributed by atoms with Gasteiger partial charge in [-0.3, -0.25) is 0 Å². The lowest BCUT2D eigenvalue weighted by atomic mass is 10.2. The predicted octanol–water partition coefficient (Wildman–Crippen LogP) is 5.16. The molecule has 192 valence electrons. The maximum Gasteiger partial charge on any atom is 0.243 e. The number of aromatic nitrogens is 2. The molecule has 0 aliphatic carbocycles. The summed E-state index contributed by atoms with van der Waals surface area (Å²) in [5.41, 5.74) is 1.71. The number of nitrogens with zero attached hydrogens (tertiary/aromatic N) is 3. The van der Waals surface area contributed by atoms with Crippen molar-refractivity contribution in [3.63, 3.8) is 0 Å². The molecule has 0 aliphatic rings. The van der Waals surface area contributed by atoms with Gasteiger partial charge in [0.15, 0.2) is 16.7 Å². The molecule has 4 rings (SSSR count). The monoisotopic (exact) mass is 533 g/mol. The first-order chi connectivity index (χ1) is 17.3. The van der Waals surface area contributed by atoms with Crippen molar-refractivity contribution in [3.05, 3.63) is 65.9 Å². The Balaban J connectivity index is 1.73. The minimum absolute atomic E-state index is 0.184. The maximum absolute atomic E-state index is 14.7. The van der Waals surface area contributed by atoms with Crippen molar-refractivity contribution < 1.29 is 26.7 Å². The number of benzene rings is 2. The highest BCUT2D eigenvalue weighted by molar-refractivity contribution is 7.98. The second kappa shape index (κ2) is 10.9. The summed E-state index contributed by atoms with van der Waals surface area (Å²) in [6, 6.07) is 11.5. The molecular weight excluding hydrogens is 505 g/mol. The zero-order chi connectivity index (χ0) is 25.9. The van der Waals surface area contributed by atoms with Gasteiger partial charge in [-0.2, -0.15) is 4.31 Å². The molecule has 0 spiro atoms. The predicted molar refractivity (Wildman–Crippen MR) is 137 cm³/mol. The summed E-state index contributed by atoms with van der Waals surface area (Å²) in [6.45, 7) is 4.76. The van der Waals surface area contributed by atoms with E-state index in [1.54, 1.807) is 50.4 Å². The highest BCUT2D eigenvalue weighted by Gasteiger charge is 2.23. The molecule has 0 saturated heterocycles. The largest absolute Gasteiger partial charge is 0.493 e. The van der Waals surface area contributed by atoms with Gasteiger partial charge in [-0.1, -0.05) is 25.6 Å². The van der Waals surface area contributed by atoms with E-state index in [4.69, 9.17) is 18.9 Å². The van der Waals surface area contributed by atoms with E-state index in [2.05, 4.69) is 0 Å². The van der Waals surface area contributed by atoms with Crippen LogP contribution in [0.3, 0.4) is 0 Å². The van der Waals surface area contributed by atoms with Crippen molar-refractivity contribution in [2.75, 3.05) is 27.3 Å². The normalized spacial score (nSPS) is 11.9. The molecule has 2 aromatic heterocycles. The van der Waals surface area contributed by atoms with Crippen LogP contribution in [0.25, 0.3) is 11.0 Å². The third kappa shape index (κ3) is 5.09. The quantitative estimate of drug-likeness (QED) is 0.246. The van der Waals surface area contributed by atoms with Gasteiger partial charge in [0.2, 0.25) is 10.0 Å². The molecule has 0 saturated carbocycles. The first-order valence-corrected chi connectivity index (χ1v) is 13.8. The fourth-order valence-electron chi connectivity index (χ4n) is 3.93. The summed E-state index contributed by atoms with van der Waals surface area (Å²) in [7, 11) is -0.683. The fourth-order valence-corrected chi connectivity index (χ4v) is 6.40. The van der Waals surface area contributed by atoms with Crippen LogP contribution >= 0.6 is 11.8 Å². The summed E-state index contributed by atoms with van der Waals surface area (Å²) < 4.78 is 60.2. The zero-order valence-corrected chi connectivity index (χ0v) is 22.2. The third-order valence-corrected chi connectivity index (χ3v) is 8.90. The molecule has 0 atom stereocenters. The highest BCUT2D eigenvalue weighted by atomic mass is 32.2. The van der Waals surface area contributed by atoms with Crippen LogP contribution in [-0.4, -0.2) is 49.6 Å². The van der Waals surface area contributed by atoms with E-state index >= 15 is 0 Å². The van der Waals surface area contributed by atoms with Crippen molar-refractivity contribution in [2.45, 2.75) is 36.2 Å². The molecule has 2 heterocycles. The van der Waals surface area contributed by atoms with Crippen molar-refractivity contribution in [1.29, 1.82) is 0 Å². The van der Waals surface area contributed by atoms with E-state index in [0.717, 1.165) is 5.52 Å².